The summed E-state index contributed by atoms with van der Waals surface area (Å²) in [6.45, 7) is 0. The fraction of sp³-hybridized carbons (Fsp3) is 0.0769. The number of hydrogen-bond acceptors (Lipinski definition) is 3. The normalized spacial score (nSPS) is 10.4. The van der Waals surface area contributed by atoms with Crippen LogP contribution in [0, 0.1) is 5.82 Å². The molecule has 0 unspecified atom stereocenters. The van der Waals surface area contributed by atoms with Crippen LogP contribution in [0.5, 0.6) is 0 Å². The topological polar surface area (TPSA) is 77.1 Å². The lowest BCUT2D eigenvalue weighted by atomic mass is 9.96. The Balaban J connectivity index is 2.60. The maximum atomic E-state index is 14.1. The second-order valence-electron chi connectivity index (χ2n) is 4.62. The number of nitrogens with two attached hydrogens (primary N) is 1. The van der Waals surface area contributed by atoms with Gasteiger partial charge in [-0.25, -0.2) is 0 Å². The van der Waals surface area contributed by atoms with Gasteiger partial charge in [0.25, 0.3) is 11.5 Å². The number of primary amides is 1. The summed E-state index contributed by atoms with van der Waals surface area (Å²) in [5.74, 6) is -1.94. The summed E-state index contributed by atoms with van der Waals surface area (Å²) in [5, 5.41) is 3.00. The average Bonchev–Trinajstić information content (AvgIpc) is 2.41. The quantitative estimate of drug-likeness (QED) is 0.800. The molecule has 1 heterocycles. The van der Waals surface area contributed by atoms with E-state index >= 15 is 0 Å². The minimum atomic E-state index is -1.09. The monoisotopic (exact) mass is 307 g/mol. The van der Waals surface area contributed by atoms with Crippen LogP contribution < -0.4 is 22.1 Å². The number of anilines is 2. The van der Waals surface area contributed by atoms with E-state index in [1.54, 1.807) is 18.2 Å². The zero-order valence-corrected chi connectivity index (χ0v) is 12.2. The minimum absolute atomic E-state index is 0.133. The first-order chi connectivity index (χ1) is 9.81. The molecule has 21 heavy (non-hydrogen) atoms. The standard InChI is InChI=1S/C13H12BClFN3O2/c1-19-5-7(12(17)20)11(10(16)13(19)21)18-9-3-2-6(14)4-8(9)15/h2-5,18H,14H2,1H3,(H2,17,20). The van der Waals surface area contributed by atoms with Crippen molar-refractivity contribution in [1.82, 2.24) is 4.57 Å². The number of halogens is 2. The first-order valence-electron chi connectivity index (χ1n) is 6.03. The van der Waals surface area contributed by atoms with E-state index in [2.05, 4.69) is 5.32 Å². The van der Waals surface area contributed by atoms with Gasteiger partial charge in [-0.3, -0.25) is 9.59 Å². The molecule has 0 spiro atoms. The van der Waals surface area contributed by atoms with Crippen LogP contribution in [0.4, 0.5) is 15.8 Å². The molecule has 1 aromatic heterocycles. The fourth-order valence-electron chi connectivity index (χ4n) is 1.86. The van der Waals surface area contributed by atoms with E-state index in [1.165, 1.54) is 13.2 Å². The van der Waals surface area contributed by atoms with Gasteiger partial charge in [0.2, 0.25) is 5.82 Å². The summed E-state index contributed by atoms with van der Waals surface area (Å²) < 4.78 is 15.1. The number of amides is 1. The number of pyridine rings is 1. The molecule has 2 rings (SSSR count). The van der Waals surface area contributed by atoms with Crippen molar-refractivity contribution in [2.45, 2.75) is 0 Å². The van der Waals surface area contributed by atoms with Gasteiger partial charge < -0.3 is 15.6 Å². The highest BCUT2D eigenvalue weighted by Crippen LogP contribution is 2.27. The number of hydrogen-bond donors (Lipinski definition) is 2. The van der Waals surface area contributed by atoms with E-state index in [4.69, 9.17) is 17.3 Å². The first-order valence-corrected chi connectivity index (χ1v) is 6.41. The maximum absolute atomic E-state index is 14.1. The number of carbonyl (C=O) groups excluding carboxylic acids is 1. The van der Waals surface area contributed by atoms with E-state index in [-0.39, 0.29) is 11.3 Å². The molecule has 1 amide bonds. The zero-order chi connectivity index (χ0) is 15.7. The Morgan fingerprint density at radius 3 is 2.71 bits per heavy atom. The molecule has 2 aromatic rings. The molecule has 0 aliphatic rings. The molecule has 1 aromatic carbocycles. The lowest BCUT2D eigenvalue weighted by Crippen LogP contribution is -2.26. The van der Waals surface area contributed by atoms with Gasteiger partial charge in [-0.1, -0.05) is 23.1 Å². The summed E-state index contributed by atoms with van der Waals surface area (Å²) in [7, 11) is 3.18. The Morgan fingerprint density at radius 1 is 1.48 bits per heavy atom. The molecule has 108 valence electrons. The molecule has 8 heteroatoms. The smallest absolute Gasteiger partial charge is 0.288 e. The van der Waals surface area contributed by atoms with Gasteiger partial charge >= 0.3 is 0 Å². The lowest BCUT2D eigenvalue weighted by molar-refractivity contribution is 0.1000. The fourth-order valence-corrected chi connectivity index (χ4v) is 2.14. The van der Waals surface area contributed by atoms with Crippen LogP contribution in [-0.4, -0.2) is 18.3 Å². The van der Waals surface area contributed by atoms with Gasteiger partial charge in [-0.15, -0.1) is 0 Å². The van der Waals surface area contributed by atoms with Gasteiger partial charge in [-0.2, -0.15) is 4.39 Å². The molecule has 0 radical (unpaired) electrons. The second-order valence-corrected chi connectivity index (χ2v) is 5.03. The van der Waals surface area contributed by atoms with Crippen molar-refractivity contribution in [3.8, 4) is 0 Å². The molecule has 3 N–H and O–H groups in total. The number of rotatable bonds is 3. The zero-order valence-electron chi connectivity index (χ0n) is 11.4. The van der Waals surface area contributed by atoms with E-state index in [0.717, 1.165) is 10.0 Å². The number of carbonyl (C=O) groups is 1. The number of aromatic nitrogens is 1. The minimum Gasteiger partial charge on any atom is -0.365 e. The molecular formula is C13H12BClFN3O2. The van der Waals surface area contributed by atoms with Crippen molar-refractivity contribution in [3.63, 3.8) is 0 Å². The molecule has 0 fully saturated rings. The third-order valence-electron chi connectivity index (χ3n) is 2.97. The van der Waals surface area contributed by atoms with Crippen LogP contribution in [-0.2, 0) is 7.05 Å². The molecule has 0 saturated carbocycles. The lowest BCUT2D eigenvalue weighted by Gasteiger charge is -2.13. The van der Waals surface area contributed by atoms with Crippen LogP contribution >= 0.6 is 11.6 Å². The highest BCUT2D eigenvalue weighted by atomic mass is 35.5. The molecule has 0 aliphatic carbocycles. The Bertz CT molecular complexity index is 792. The first kappa shape index (κ1) is 15.1. The van der Waals surface area contributed by atoms with Crippen LogP contribution in [0.2, 0.25) is 5.02 Å². The highest BCUT2D eigenvalue weighted by Gasteiger charge is 2.19. The van der Waals surface area contributed by atoms with Gasteiger partial charge in [0.15, 0.2) is 0 Å². The van der Waals surface area contributed by atoms with Crippen molar-refractivity contribution in [2.24, 2.45) is 12.8 Å². The SMILES string of the molecule is Bc1ccc(Nc2c(C(N)=O)cn(C)c(=O)c2F)c(Cl)c1. The summed E-state index contributed by atoms with van der Waals surface area (Å²) in [4.78, 5) is 23.1. The van der Waals surface area contributed by atoms with Crippen molar-refractivity contribution in [1.29, 1.82) is 0 Å². The Labute approximate surface area is 125 Å². The second kappa shape index (κ2) is 5.61. The van der Waals surface area contributed by atoms with Gasteiger partial charge in [0.1, 0.15) is 7.85 Å². The van der Waals surface area contributed by atoms with Crippen molar-refractivity contribution >= 4 is 42.2 Å². The summed E-state index contributed by atoms with van der Waals surface area (Å²) >= 11 is 6.05. The Morgan fingerprint density at radius 2 is 2.14 bits per heavy atom. The summed E-state index contributed by atoms with van der Waals surface area (Å²) in [6.07, 6.45) is 1.18. The third-order valence-corrected chi connectivity index (χ3v) is 3.28. The van der Waals surface area contributed by atoms with Crippen LogP contribution in [0.25, 0.3) is 0 Å². The Hall–Kier alpha value is -2.28. The van der Waals surface area contributed by atoms with Gasteiger partial charge in [0, 0.05) is 13.2 Å². The molecular weight excluding hydrogens is 295 g/mol. The average molecular weight is 308 g/mol. The van der Waals surface area contributed by atoms with Crippen molar-refractivity contribution in [3.05, 3.63) is 51.2 Å². The molecule has 0 bridgehead atoms. The number of nitrogens with zero attached hydrogens (tertiary/aromatic N) is 1. The molecule has 5 nitrogen and oxygen atoms in total. The van der Waals surface area contributed by atoms with Crippen LogP contribution in [0.3, 0.4) is 0 Å². The van der Waals surface area contributed by atoms with Crippen LogP contribution in [0.1, 0.15) is 10.4 Å². The van der Waals surface area contributed by atoms with Crippen molar-refractivity contribution < 1.29 is 9.18 Å². The number of aryl methyl sites for hydroxylation is 1. The van der Waals surface area contributed by atoms with E-state index in [9.17, 15) is 14.0 Å². The molecule has 0 aliphatic heterocycles. The summed E-state index contributed by atoms with van der Waals surface area (Å²) in [5.41, 5.74) is 5.23. The van der Waals surface area contributed by atoms with E-state index < -0.39 is 17.3 Å². The number of benzene rings is 1. The van der Waals surface area contributed by atoms with Crippen LogP contribution in [0.15, 0.2) is 29.2 Å². The summed E-state index contributed by atoms with van der Waals surface area (Å²) in [6, 6.07) is 5.06. The van der Waals surface area contributed by atoms with Crippen molar-refractivity contribution in [2.75, 3.05) is 5.32 Å². The Kier molecular flexibility index (Phi) is 4.04. The maximum Gasteiger partial charge on any atom is 0.288 e. The van der Waals surface area contributed by atoms with Gasteiger partial charge in [0.05, 0.1) is 22.0 Å². The predicted molar refractivity (Wildman–Crippen MR) is 83.1 cm³/mol. The van der Waals surface area contributed by atoms with E-state index in [0.29, 0.717) is 10.7 Å². The largest absolute Gasteiger partial charge is 0.365 e. The third kappa shape index (κ3) is 2.92. The highest BCUT2D eigenvalue weighted by molar-refractivity contribution is 6.37. The predicted octanol–water partition coefficient (Wildman–Crippen LogP) is 0.279. The molecule has 0 saturated heterocycles. The van der Waals surface area contributed by atoms with Gasteiger partial charge in [-0.05, 0) is 12.1 Å². The van der Waals surface area contributed by atoms with E-state index in [1.807, 2.05) is 7.85 Å². The number of nitrogens with one attached hydrogen (secondary N) is 1. The molecule has 0 atom stereocenters.